The molecule has 1 aromatic heterocycles. The van der Waals surface area contributed by atoms with Crippen LogP contribution in [0.25, 0.3) is 10.4 Å². The third-order valence-electron chi connectivity index (χ3n) is 5.55. The van der Waals surface area contributed by atoms with Crippen LogP contribution in [0.4, 0.5) is 0 Å². The summed E-state index contributed by atoms with van der Waals surface area (Å²) in [5, 5.41) is 0. The molecule has 3 aromatic rings. The Kier molecular flexibility index (Phi) is 5.80. The molecule has 4 rings (SSSR count). The molecule has 6 heteroatoms. The molecule has 0 N–H and O–H groups in total. The maximum Gasteiger partial charge on any atom is 0.264 e. The number of carbonyl (C=O) groups is 1. The maximum atomic E-state index is 13.6. The van der Waals surface area contributed by atoms with Gasteiger partial charge in [-0.25, -0.2) is 8.42 Å². The fourth-order valence-electron chi connectivity index (χ4n) is 3.88. The van der Waals surface area contributed by atoms with Gasteiger partial charge in [0.2, 0.25) is 0 Å². The second kappa shape index (κ2) is 8.36. The lowest BCUT2D eigenvalue weighted by molar-refractivity contribution is 0.0686. The smallest absolute Gasteiger partial charge is 0.264 e. The van der Waals surface area contributed by atoms with Crippen LogP contribution in [-0.2, 0) is 16.4 Å². The number of nitrogens with zero attached hydrogens (tertiary/aromatic N) is 1. The zero-order valence-electron chi connectivity index (χ0n) is 17.2. The molecule has 1 fully saturated rings. The van der Waals surface area contributed by atoms with Crippen molar-refractivity contribution in [3.05, 3.63) is 82.2 Å². The summed E-state index contributed by atoms with van der Waals surface area (Å²) in [4.78, 5) is 17.0. The van der Waals surface area contributed by atoms with Gasteiger partial charge in [-0.05, 0) is 43.0 Å². The van der Waals surface area contributed by atoms with Crippen molar-refractivity contribution in [3.63, 3.8) is 0 Å². The van der Waals surface area contributed by atoms with Crippen LogP contribution in [0.3, 0.4) is 0 Å². The first kappa shape index (κ1) is 20.8. The maximum absolute atomic E-state index is 13.6. The highest BCUT2D eigenvalue weighted by Gasteiger charge is 2.35. The second-order valence-electron chi connectivity index (χ2n) is 7.96. The van der Waals surface area contributed by atoms with Gasteiger partial charge in [0.15, 0.2) is 9.84 Å². The van der Waals surface area contributed by atoms with Crippen LogP contribution in [0.15, 0.2) is 60.7 Å². The summed E-state index contributed by atoms with van der Waals surface area (Å²) in [5.74, 6) is 0.0992. The zero-order valence-corrected chi connectivity index (χ0v) is 18.8. The topological polar surface area (TPSA) is 54.5 Å². The van der Waals surface area contributed by atoms with E-state index in [1.165, 1.54) is 11.3 Å². The second-order valence-corrected chi connectivity index (χ2v) is 11.2. The lowest BCUT2D eigenvalue weighted by atomic mass is 10.1. The van der Waals surface area contributed by atoms with Gasteiger partial charge in [0, 0.05) is 17.5 Å². The van der Waals surface area contributed by atoms with E-state index in [2.05, 4.69) is 0 Å². The Labute approximate surface area is 182 Å². The molecule has 30 heavy (non-hydrogen) atoms. The average Bonchev–Trinajstić information content (AvgIpc) is 3.29. The molecule has 0 spiro atoms. The number of aryl methyl sites for hydroxylation is 2. The van der Waals surface area contributed by atoms with E-state index in [0.29, 0.717) is 17.8 Å². The molecule has 1 unspecified atom stereocenters. The zero-order chi connectivity index (χ0) is 21.3. The summed E-state index contributed by atoms with van der Waals surface area (Å²) >= 11 is 1.48. The number of thiophene rings is 1. The van der Waals surface area contributed by atoms with Crippen molar-refractivity contribution in [1.29, 1.82) is 0 Å². The van der Waals surface area contributed by atoms with E-state index in [-0.39, 0.29) is 23.5 Å². The summed E-state index contributed by atoms with van der Waals surface area (Å²) in [5.41, 5.74) is 4.31. The van der Waals surface area contributed by atoms with E-state index in [4.69, 9.17) is 0 Å². The molecular weight excluding hydrogens is 414 g/mol. The third-order valence-corrected chi connectivity index (χ3v) is 8.57. The van der Waals surface area contributed by atoms with Crippen molar-refractivity contribution in [3.8, 4) is 10.4 Å². The van der Waals surface area contributed by atoms with E-state index < -0.39 is 9.84 Å². The highest BCUT2D eigenvalue weighted by molar-refractivity contribution is 7.91. The number of hydrogen-bond donors (Lipinski definition) is 0. The molecule has 1 saturated heterocycles. The number of rotatable bonds is 5. The van der Waals surface area contributed by atoms with E-state index in [1.807, 2.05) is 74.5 Å². The van der Waals surface area contributed by atoms with Gasteiger partial charge >= 0.3 is 0 Å². The Morgan fingerprint density at radius 3 is 2.40 bits per heavy atom. The van der Waals surface area contributed by atoms with Gasteiger partial charge < -0.3 is 4.90 Å². The molecular formula is C24H25NO3S2. The van der Waals surface area contributed by atoms with Crippen LogP contribution < -0.4 is 0 Å². The van der Waals surface area contributed by atoms with Gasteiger partial charge in [-0.3, -0.25) is 4.79 Å². The highest BCUT2D eigenvalue weighted by Crippen LogP contribution is 2.34. The Balaban J connectivity index is 1.66. The Morgan fingerprint density at radius 1 is 1.07 bits per heavy atom. The number of sulfone groups is 1. The van der Waals surface area contributed by atoms with Crippen molar-refractivity contribution in [2.24, 2.45) is 0 Å². The predicted molar refractivity (Wildman–Crippen MR) is 123 cm³/mol. The summed E-state index contributed by atoms with van der Waals surface area (Å²) in [6.07, 6.45) is 0.496. The lowest BCUT2D eigenvalue weighted by Gasteiger charge is -2.28. The molecule has 0 aliphatic carbocycles. The Morgan fingerprint density at radius 2 is 1.77 bits per heavy atom. The third kappa shape index (κ3) is 4.50. The van der Waals surface area contributed by atoms with Gasteiger partial charge in [0.1, 0.15) is 0 Å². The monoisotopic (exact) mass is 439 g/mol. The number of benzene rings is 2. The first-order valence-corrected chi connectivity index (χ1v) is 12.7. The summed E-state index contributed by atoms with van der Waals surface area (Å²) in [6.45, 7) is 4.45. The average molecular weight is 440 g/mol. The number of amides is 1. The first-order chi connectivity index (χ1) is 14.3. The quantitative estimate of drug-likeness (QED) is 0.570. The standard InChI is InChI=1S/C24H25NO3S2/c1-17-8-10-19(11-9-17)15-25(21-12-13-30(27,28)16-21)24(26)22-14-18(2)23(29-22)20-6-4-3-5-7-20/h3-11,14,21H,12-13,15-16H2,1-2H3. The van der Waals surface area contributed by atoms with Crippen LogP contribution in [-0.4, -0.2) is 36.8 Å². The molecule has 156 valence electrons. The minimum atomic E-state index is -3.09. The van der Waals surface area contributed by atoms with Gasteiger partial charge in [-0.15, -0.1) is 11.3 Å². The summed E-state index contributed by atoms with van der Waals surface area (Å²) in [7, 11) is -3.09. The van der Waals surface area contributed by atoms with Gasteiger partial charge in [0.25, 0.3) is 5.91 Å². The van der Waals surface area contributed by atoms with E-state index >= 15 is 0 Å². The van der Waals surface area contributed by atoms with Crippen LogP contribution >= 0.6 is 11.3 Å². The molecule has 0 saturated carbocycles. The first-order valence-electron chi connectivity index (χ1n) is 10.1. The fraction of sp³-hybridized carbons (Fsp3) is 0.292. The minimum Gasteiger partial charge on any atom is -0.330 e. The summed E-state index contributed by atoms with van der Waals surface area (Å²) in [6, 6.07) is 19.7. The van der Waals surface area contributed by atoms with Crippen LogP contribution in [0.5, 0.6) is 0 Å². The minimum absolute atomic E-state index is 0.0422. The van der Waals surface area contributed by atoms with Gasteiger partial charge in [-0.1, -0.05) is 60.2 Å². The molecule has 1 atom stereocenters. The van der Waals surface area contributed by atoms with Gasteiger partial charge in [-0.2, -0.15) is 0 Å². The van der Waals surface area contributed by atoms with E-state index in [0.717, 1.165) is 27.1 Å². The fourth-order valence-corrected chi connectivity index (χ4v) is 6.75. The molecule has 0 radical (unpaired) electrons. The number of carbonyl (C=O) groups excluding carboxylic acids is 1. The molecule has 0 bridgehead atoms. The Bertz CT molecular complexity index is 1150. The largest absolute Gasteiger partial charge is 0.330 e. The van der Waals surface area contributed by atoms with Crippen molar-refractivity contribution in [2.45, 2.75) is 32.9 Å². The lowest BCUT2D eigenvalue weighted by Crippen LogP contribution is -2.40. The van der Waals surface area contributed by atoms with Gasteiger partial charge in [0.05, 0.1) is 16.4 Å². The van der Waals surface area contributed by atoms with E-state index in [9.17, 15) is 13.2 Å². The van der Waals surface area contributed by atoms with Crippen LogP contribution in [0, 0.1) is 13.8 Å². The van der Waals surface area contributed by atoms with E-state index in [1.54, 1.807) is 4.90 Å². The summed E-state index contributed by atoms with van der Waals surface area (Å²) < 4.78 is 24.2. The molecule has 4 nitrogen and oxygen atoms in total. The van der Waals surface area contributed by atoms with Crippen molar-refractivity contribution >= 4 is 27.1 Å². The molecule has 1 amide bonds. The normalized spacial score (nSPS) is 17.7. The highest BCUT2D eigenvalue weighted by atomic mass is 32.2. The van der Waals surface area contributed by atoms with Crippen molar-refractivity contribution < 1.29 is 13.2 Å². The predicted octanol–water partition coefficient (Wildman–Crippen LogP) is 4.86. The van der Waals surface area contributed by atoms with Crippen LogP contribution in [0.1, 0.15) is 32.8 Å². The molecule has 2 heterocycles. The van der Waals surface area contributed by atoms with Crippen molar-refractivity contribution in [2.75, 3.05) is 11.5 Å². The molecule has 1 aliphatic heterocycles. The number of hydrogen-bond acceptors (Lipinski definition) is 4. The molecule has 2 aromatic carbocycles. The van der Waals surface area contributed by atoms with Crippen molar-refractivity contribution in [1.82, 2.24) is 4.90 Å². The SMILES string of the molecule is Cc1ccc(CN(C(=O)c2cc(C)c(-c3ccccc3)s2)C2CCS(=O)(=O)C2)cc1. The Hall–Kier alpha value is -2.44. The molecule has 1 aliphatic rings. The van der Waals surface area contributed by atoms with Crippen LogP contribution in [0.2, 0.25) is 0 Å².